The van der Waals surface area contributed by atoms with Crippen molar-refractivity contribution in [1.82, 2.24) is 9.21 Å². The molecule has 1 aromatic rings. The fourth-order valence-corrected chi connectivity index (χ4v) is 4.27. The van der Waals surface area contributed by atoms with Crippen LogP contribution in [-0.2, 0) is 19.6 Å². The van der Waals surface area contributed by atoms with Crippen molar-refractivity contribution in [3.05, 3.63) is 29.3 Å². The first-order chi connectivity index (χ1) is 12.1. The van der Waals surface area contributed by atoms with Gasteiger partial charge in [0.05, 0.1) is 4.90 Å². The number of hydrogen-bond donors (Lipinski definition) is 2. The van der Waals surface area contributed by atoms with Gasteiger partial charge in [-0.3, -0.25) is 9.59 Å². The van der Waals surface area contributed by atoms with E-state index >= 15 is 0 Å². The lowest BCUT2D eigenvalue weighted by atomic mass is 10.1. The van der Waals surface area contributed by atoms with Gasteiger partial charge in [0, 0.05) is 32.6 Å². The van der Waals surface area contributed by atoms with E-state index in [9.17, 15) is 18.0 Å². The predicted octanol–water partition coefficient (Wildman–Crippen LogP) is 0.328. The highest BCUT2D eigenvalue weighted by Gasteiger charge is 2.30. The second kappa shape index (κ2) is 8.15. The lowest BCUT2D eigenvalue weighted by Crippen LogP contribution is -2.50. The maximum absolute atomic E-state index is 12.8. The molecule has 0 aliphatic carbocycles. The number of carbonyl (C=O) groups is 2. The first kappa shape index (κ1) is 20.3. The van der Waals surface area contributed by atoms with Crippen LogP contribution in [0.15, 0.2) is 23.1 Å². The van der Waals surface area contributed by atoms with Crippen LogP contribution in [0.25, 0.3) is 0 Å². The Bertz CT molecular complexity index is 786. The summed E-state index contributed by atoms with van der Waals surface area (Å²) in [5, 5.41) is 8.75. The van der Waals surface area contributed by atoms with Gasteiger partial charge < -0.3 is 15.7 Å². The molecule has 1 atom stereocenters. The largest absolute Gasteiger partial charge is 0.480 e. The number of piperazine rings is 1. The third kappa shape index (κ3) is 4.60. The summed E-state index contributed by atoms with van der Waals surface area (Å²) in [6, 6.07) is 3.98. The Morgan fingerprint density at radius 3 is 2.31 bits per heavy atom. The number of rotatable bonds is 6. The van der Waals surface area contributed by atoms with Crippen molar-refractivity contribution < 1.29 is 23.1 Å². The average molecular weight is 383 g/mol. The summed E-state index contributed by atoms with van der Waals surface area (Å²) in [5.74, 6) is -1.34. The number of hydrogen-bond acceptors (Lipinski definition) is 5. The molecule has 3 N–H and O–H groups in total. The minimum atomic E-state index is -3.59. The molecule has 0 spiro atoms. The molecule has 9 heteroatoms. The van der Waals surface area contributed by atoms with E-state index in [0.29, 0.717) is 0 Å². The summed E-state index contributed by atoms with van der Waals surface area (Å²) in [6.45, 7) is 4.79. The van der Waals surface area contributed by atoms with E-state index in [1.165, 1.54) is 4.31 Å². The second-order valence-corrected chi connectivity index (χ2v) is 8.45. The van der Waals surface area contributed by atoms with Crippen LogP contribution >= 0.6 is 0 Å². The van der Waals surface area contributed by atoms with Crippen LogP contribution in [0.1, 0.15) is 24.0 Å². The normalized spacial score (nSPS) is 17.1. The molecule has 1 aliphatic rings. The molecule has 0 aromatic heterocycles. The van der Waals surface area contributed by atoms with Gasteiger partial charge >= 0.3 is 5.97 Å². The minimum absolute atomic E-state index is 0.0391. The molecule has 0 unspecified atom stereocenters. The van der Waals surface area contributed by atoms with Crippen LogP contribution in [0.3, 0.4) is 0 Å². The number of nitrogens with two attached hydrogens (primary N) is 1. The molecular formula is C17H25N3O5S. The van der Waals surface area contributed by atoms with Gasteiger partial charge in [-0.1, -0.05) is 6.07 Å². The summed E-state index contributed by atoms with van der Waals surface area (Å²) < 4.78 is 26.9. The Morgan fingerprint density at radius 2 is 1.77 bits per heavy atom. The van der Waals surface area contributed by atoms with E-state index in [1.807, 2.05) is 13.8 Å². The molecule has 0 bridgehead atoms. The Morgan fingerprint density at radius 1 is 1.15 bits per heavy atom. The van der Waals surface area contributed by atoms with Gasteiger partial charge in [-0.05, 0) is 43.5 Å². The van der Waals surface area contributed by atoms with Crippen LogP contribution in [0.5, 0.6) is 0 Å². The molecule has 1 fully saturated rings. The number of benzene rings is 1. The molecule has 2 rings (SSSR count). The van der Waals surface area contributed by atoms with Crippen LogP contribution in [-0.4, -0.2) is 66.8 Å². The molecule has 1 aliphatic heterocycles. The van der Waals surface area contributed by atoms with Crippen molar-refractivity contribution in [2.45, 2.75) is 37.6 Å². The molecule has 1 heterocycles. The Labute approximate surface area is 153 Å². The highest BCUT2D eigenvalue weighted by atomic mass is 32.2. The van der Waals surface area contributed by atoms with E-state index < -0.39 is 22.0 Å². The fourth-order valence-electron chi connectivity index (χ4n) is 2.76. The first-order valence-electron chi connectivity index (χ1n) is 8.46. The first-order valence-corrected chi connectivity index (χ1v) is 9.90. The van der Waals surface area contributed by atoms with Crippen LogP contribution in [0.2, 0.25) is 0 Å². The summed E-state index contributed by atoms with van der Waals surface area (Å²) in [7, 11) is -3.59. The zero-order valence-corrected chi connectivity index (χ0v) is 15.8. The molecule has 1 saturated heterocycles. The molecule has 1 aromatic carbocycles. The predicted molar refractivity (Wildman–Crippen MR) is 96.1 cm³/mol. The van der Waals surface area contributed by atoms with Crippen LogP contribution in [0.4, 0.5) is 0 Å². The smallest absolute Gasteiger partial charge is 0.320 e. The monoisotopic (exact) mass is 383 g/mol. The van der Waals surface area contributed by atoms with Gasteiger partial charge in [0.2, 0.25) is 15.9 Å². The summed E-state index contributed by atoms with van der Waals surface area (Å²) in [5.41, 5.74) is 7.34. The standard InChI is InChI=1S/C17H25N3O5S/c1-12-3-4-14(11-13(12)2)26(24,25)20-9-7-19(8-10-20)16(21)6-5-15(18)17(22)23/h3-4,11,15H,5-10,18H2,1-2H3,(H,22,23)/t15-/m0/s1. The zero-order chi connectivity index (χ0) is 19.5. The molecule has 8 nitrogen and oxygen atoms in total. The molecular weight excluding hydrogens is 358 g/mol. The molecule has 0 radical (unpaired) electrons. The number of nitrogens with zero attached hydrogens (tertiary/aromatic N) is 2. The second-order valence-electron chi connectivity index (χ2n) is 6.51. The SMILES string of the molecule is Cc1ccc(S(=O)(=O)N2CCN(C(=O)CC[C@H](N)C(=O)O)CC2)cc1C. The van der Waals surface area contributed by atoms with Gasteiger partial charge in [0.1, 0.15) is 6.04 Å². The van der Waals surface area contributed by atoms with Gasteiger partial charge in [-0.25, -0.2) is 8.42 Å². The van der Waals surface area contributed by atoms with E-state index in [2.05, 4.69) is 0 Å². The van der Waals surface area contributed by atoms with Crippen LogP contribution < -0.4 is 5.73 Å². The van der Waals surface area contributed by atoms with E-state index in [0.717, 1.165) is 11.1 Å². The van der Waals surface area contributed by atoms with Gasteiger partial charge in [-0.15, -0.1) is 0 Å². The number of carbonyl (C=O) groups excluding carboxylic acids is 1. The van der Waals surface area contributed by atoms with E-state index in [4.69, 9.17) is 10.8 Å². The number of aryl methyl sites for hydroxylation is 2. The number of amides is 1. The summed E-state index contributed by atoms with van der Waals surface area (Å²) in [4.78, 5) is 24.7. The van der Waals surface area contributed by atoms with E-state index in [1.54, 1.807) is 23.1 Å². The van der Waals surface area contributed by atoms with Crippen molar-refractivity contribution in [3.63, 3.8) is 0 Å². The van der Waals surface area contributed by atoms with Crippen LogP contribution in [0, 0.1) is 13.8 Å². The third-order valence-electron chi connectivity index (χ3n) is 4.69. The van der Waals surface area contributed by atoms with Crippen molar-refractivity contribution >= 4 is 21.9 Å². The number of aliphatic carboxylic acids is 1. The maximum atomic E-state index is 12.8. The Balaban J connectivity index is 1.95. The quantitative estimate of drug-likeness (QED) is 0.730. The van der Waals surface area contributed by atoms with Gasteiger partial charge in [-0.2, -0.15) is 4.31 Å². The average Bonchev–Trinajstić information content (AvgIpc) is 2.61. The summed E-state index contributed by atoms with van der Waals surface area (Å²) >= 11 is 0. The Hall–Kier alpha value is -1.97. The highest BCUT2D eigenvalue weighted by Crippen LogP contribution is 2.20. The van der Waals surface area contributed by atoms with Gasteiger partial charge in [0.25, 0.3) is 0 Å². The Kier molecular flexibility index (Phi) is 6.38. The molecule has 144 valence electrons. The van der Waals surface area contributed by atoms with Crippen molar-refractivity contribution in [3.8, 4) is 0 Å². The number of sulfonamides is 1. The van der Waals surface area contributed by atoms with Crippen molar-refractivity contribution in [1.29, 1.82) is 0 Å². The maximum Gasteiger partial charge on any atom is 0.320 e. The van der Waals surface area contributed by atoms with Crippen molar-refractivity contribution in [2.24, 2.45) is 5.73 Å². The summed E-state index contributed by atoms with van der Waals surface area (Å²) in [6.07, 6.45) is 0.104. The van der Waals surface area contributed by atoms with E-state index in [-0.39, 0.29) is 49.8 Å². The molecule has 1 amide bonds. The lowest BCUT2D eigenvalue weighted by Gasteiger charge is -2.34. The lowest BCUT2D eigenvalue weighted by molar-refractivity contribution is -0.139. The molecule has 26 heavy (non-hydrogen) atoms. The highest BCUT2D eigenvalue weighted by molar-refractivity contribution is 7.89. The third-order valence-corrected chi connectivity index (χ3v) is 6.59. The zero-order valence-electron chi connectivity index (χ0n) is 15.0. The topological polar surface area (TPSA) is 121 Å². The fraction of sp³-hybridized carbons (Fsp3) is 0.529. The minimum Gasteiger partial charge on any atom is -0.480 e. The van der Waals surface area contributed by atoms with Crippen molar-refractivity contribution in [2.75, 3.05) is 26.2 Å². The number of carboxylic acids is 1. The number of carboxylic acid groups (broad SMARTS) is 1. The van der Waals surface area contributed by atoms with Gasteiger partial charge in [0.15, 0.2) is 0 Å². The molecule has 0 saturated carbocycles.